The van der Waals surface area contributed by atoms with Crippen LogP contribution in [0.4, 0.5) is 0 Å². The van der Waals surface area contributed by atoms with Crippen LogP contribution in [0.25, 0.3) is 0 Å². The lowest BCUT2D eigenvalue weighted by Crippen LogP contribution is -2.54. The summed E-state index contributed by atoms with van der Waals surface area (Å²) < 4.78 is 1.13. The SMILES string of the molecule is CCN(CC)C(C)(CC)C(O)Cc1ccc(Br)s1. The number of aliphatic hydroxyl groups excluding tert-OH is 1. The lowest BCUT2D eigenvalue weighted by molar-refractivity contribution is -0.0186. The van der Waals surface area contributed by atoms with E-state index in [1.54, 1.807) is 11.3 Å². The van der Waals surface area contributed by atoms with Crippen molar-refractivity contribution in [3.05, 3.63) is 20.8 Å². The maximum Gasteiger partial charge on any atom is 0.0769 e. The van der Waals surface area contributed by atoms with Crippen LogP contribution < -0.4 is 0 Å². The van der Waals surface area contributed by atoms with E-state index in [4.69, 9.17) is 0 Å². The Bertz CT molecular complexity index is 364. The van der Waals surface area contributed by atoms with Crippen LogP contribution in [-0.4, -0.2) is 34.7 Å². The van der Waals surface area contributed by atoms with Crippen molar-refractivity contribution >= 4 is 27.3 Å². The van der Waals surface area contributed by atoms with Gasteiger partial charge in [-0.3, -0.25) is 4.90 Å². The van der Waals surface area contributed by atoms with Crippen LogP contribution in [0.3, 0.4) is 0 Å². The molecule has 2 unspecified atom stereocenters. The Labute approximate surface area is 123 Å². The summed E-state index contributed by atoms with van der Waals surface area (Å²) in [6, 6.07) is 4.14. The van der Waals surface area contributed by atoms with Gasteiger partial charge in [0, 0.05) is 16.8 Å². The molecule has 1 N–H and O–H groups in total. The van der Waals surface area contributed by atoms with Gasteiger partial charge in [-0.05, 0) is 54.5 Å². The van der Waals surface area contributed by atoms with Crippen LogP contribution in [0, 0.1) is 0 Å². The quantitative estimate of drug-likeness (QED) is 0.817. The molecule has 18 heavy (non-hydrogen) atoms. The molecule has 2 atom stereocenters. The van der Waals surface area contributed by atoms with E-state index in [1.165, 1.54) is 4.88 Å². The highest BCUT2D eigenvalue weighted by Crippen LogP contribution is 2.29. The Balaban J connectivity index is 2.80. The Morgan fingerprint density at radius 2 is 1.94 bits per heavy atom. The van der Waals surface area contributed by atoms with Gasteiger partial charge in [0.1, 0.15) is 0 Å². The number of halogens is 1. The first-order chi connectivity index (χ1) is 8.47. The molecule has 0 saturated heterocycles. The van der Waals surface area contributed by atoms with Crippen LogP contribution in [0.5, 0.6) is 0 Å². The largest absolute Gasteiger partial charge is 0.391 e. The summed E-state index contributed by atoms with van der Waals surface area (Å²) in [6.07, 6.45) is 1.37. The van der Waals surface area contributed by atoms with Gasteiger partial charge in [0.25, 0.3) is 0 Å². The van der Waals surface area contributed by atoms with Crippen molar-refractivity contribution in [3.8, 4) is 0 Å². The molecule has 4 heteroatoms. The lowest BCUT2D eigenvalue weighted by Gasteiger charge is -2.43. The van der Waals surface area contributed by atoms with Gasteiger partial charge in [-0.25, -0.2) is 0 Å². The minimum absolute atomic E-state index is 0.139. The average Bonchev–Trinajstić information content (AvgIpc) is 2.75. The van der Waals surface area contributed by atoms with Crippen LogP contribution >= 0.6 is 27.3 Å². The second kappa shape index (κ2) is 7.04. The van der Waals surface area contributed by atoms with Crippen molar-refractivity contribution in [2.24, 2.45) is 0 Å². The average molecular weight is 334 g/mol. The zero-order chi connectivity index (χ0) is 13.8. The number of thiophene rings is 1. The molecule has 0 spiro atoms. The summed E-state index contributed by atoms with van der Waals surface area (Å²) in [5.74, 6) is 0. The smallest absolute Gasteiger partial charge is 0.0769 e. The number of nitrogens with zero attached hydrogens (tertiary/aromatic N) is 1. The van der Waals surface area contributed by atoms with Crippen LogP contribution in [-0.2, 0) is 6.42 Å². The number of hydrogen-bond donors (Lipinski definition) is 1. The second-order valence-corrected chi connectivity index (χ2v) is 7.36. The number of likely N-dealkylation sites (N-methyl/N-ethyl adjacent to an activating group) is 1. The molecule has 0 aliphatic heterocycles. The first kappa shape index (κ1) is 16.2. The molecule has 0 saturated carbocycles. The minimum Gasteiger partial charge on any atom is -0.391 e. The molecule has 0 aliphatic rings. The Morgan fingerprint density at radius 3 is 2.33 bits per heavy atom. The van der Waals surface area contributed by atoms with E-state index >= 15 is 0 Å². The fraction of sp³-hybridized carbons (Fsp3) is 0.714. The Morgan fingerprint density at radius 1 is 1.33 bits per heavy atom. The fourth-order valence-electron chi connectivity index (χ4n) is 2.49. The highest BCUT2D eigenvalue weighted by atomic mass is 79.9. The Kier molecular flexibility index (Phi) is 6.31. The molecule has 2 nitrogen and oxygen atoms in total. The second-order valence-electron chi connectivity index (χ2n) is 4.81. The summed E-state index contributed by atoms with van der Waals surface area (Å²) in [6.45, 7) is 10.6. The summed E-state index contributed by atoms with van der Waals surface area (Å²) >= 11 is 5.18. The first-order valence-electron chi connectivity index (χ1n) is 6.65. The van der Waals surface area contributed by atoms with E-state index in [0.29, 0.717) is 0 Å². The van der Waals surface area contributed by atoms with Gasteiger partial charge in [0.2, 0.25) is 0 Å². The maximum absolute atomic E-state index is 10.6. The van der Waals surface area contributed by atoms with Crippen molar-refractivity contribution < 1.29 is 5.11 Å². The predicted octanol–water partition coefficient (Wildman–Crippen LogP) is 3.92. The molecular weight excluding hydrogens is 310 g/mol. The first-order valence-corrected chi connectivity index (χ1v) is 8.26. The van der Waals surface area contributed by atoms with Gasteiger partial charge in [-0.2, -0.15) is 0 Å². The summed E-state index contributed by atoms with van der Waals surface area (Å²) in [4.78, 5) is 3.60. The van der Waals surface area contributed by atoms with Crippen molar-refractivity contribution in [3.63, 3.8) is 0 Å². The molecule has 1 aromatic rings. The molecule has 0 fully saturated rings. The van der Waals surface area contributed by atoms with E-state index in [1.807, 2.05) is 6.07 Å². The zero-order valence-corrected chi connectivity index (χ0v) is 14.1. The van der Waals surface area contributed by atoms with Crippen molar-refractivity contribution in [1.29, 1.82) is 0 Å². The fourth-order valence-corrected chi connectivity index (χ4v) is 4.01. The van der Waals surface area contributed by atoms with Crippen LogP contribution in [0.15, 0.2) is 15.9 Å². The molecule has 0 aromatic carbocycles. The van der Waals surface area contributed by atoms with Crippen LogP contribution in [0.2, 0.25) is 0 Å². The molecule has 0 bridgehead atoms. The monoisotopic (exact) mass is 333 g/mol. The van der Waals surface area contributed by atoms with E-state index in [-0.39, 0.29) is 11.6 Å². The molecule has 0 aliphatic carbocycles. The third kappa shape index (κ3) is 3.56. The van der Waals surface area contributed by atoms with Crippen LogP contribution in [0.1, 0.15) is 39.0 Å². The van der Waals surface area contributed by atoms with Crippen molar-refractivity contribution in [1.82, 2.24) is 4.90 Å². The highest BCUT2D eigenvalue weighted by molar-refractivity contribution is 9.11. The molecular formula is C14H24BrNOS. The summed E-state index contributed by atoms with van der Waals surface area (Å²) in [5, 5.41) is 10.6. The highest BCUT2D eigenvalue weighted by Gasteiger charge is 2.35. The van der Waals surface area contributed by atoms with Crippen molar-refractivity contribution in [2.45, 2.75) is 52.2 Å². The van der Waals surface area contributed by atoms with E-state index in [2.05, 4.69) is 54.6 Å². The van der Waals surface area contributed by atoms with Gasteiger partial charge in [-0.15, -0.1) is 11.3 Å². The summed E-state index contributed by atoms with van der Waals surface area (Å²) in [5.41, 5.74) is -0.139. The van der Waals surface area contributed by atoms with Gasteiger partial charge in [0.15, 0.2) is 0 Å². The minimum atomic E-state index is -0.326. The third-order valence-electron chi connectivity index (χ3n) is 3.94. The molecule has 1 heterocycles. The number of aliphatic hydroxyl groups is 1. The maximum atomic E-state index is 10.6. The van der Waals surface area contributed by atoms with Gasteiger partial charge in [-0.1, -0.05) is 20.8 Å². The normalized spacial score (nSPS) is 16.8. The van der Waals surface area contributed by atoms with E-state index in [9.17, 15) is 5.11 Å². The van der Waals surface area contributed by atoms with Crippen molar-refractivity contribution in [2.75, 3.05) is 13.1 Å². The molecule has 0 radical (unpaired) electrons. The Hall–Kier alpha value is 0.1000. The standard InChI is InChI=1S/C14H24BrNOS/c1-5-14(4,16(6-2)7-3)12(17)10-11-8-9-13(15)18-11/h8-9,12,17H,5-7,10H2,1-4H3. The number of rotatable bonds is 7. The number of hydrogen-bond acceptors (Lipinski definition) is 3. The summed E-state index contributed by atoms with van der Waals surface area (Å²) in [7, 11) is 0. The van der Waals surface area contributed by atoms with Gasteiger partial charge < -0.3 is 5.11 Å². The third-order valence-corrected chi connectivity index (χ3v) is 5.59. The lowest BCUT2D eigenvalue weighted by atomic mass is 9.87. The van der Waals surface area contributed by atoms with Gasteiger partial charge in [0.05, 0.1) is 9.89 Å². The predicted molar refractivity (Wildman–Crippen MR) is 83.3 cm³/mol. The molecule has 104 valence electrons. The topological polar surface area (TPSA) is 23.5 Å². The molecule has 1 rings (SSSR count). The van der Waals surface area contributed by atoms with Gasteiger partial charge >= 0.3 is 0 Å². The zero-order valence-electron chi connectivity index (χ0n) is 11.7. The molecule has 1 aromatic heterocycles. The van der Waals surface area contributed by atoms with E-state index in [0.717, 1.165) is 29.7 Å². The van der Waals surface area contributed by atoms with E-state index < -0.39 is 0 Å². The molecule has 0 amide bonds.